The number of fused-ring (bicyclic) bond motifs is 1. The first-order valence-corrected chi connectivity index (χ1v) is 5.09. The number of benzene rings is 1. The highest BCUT2D eigenvalue weighted by Gasteiger charge is 2.26. The minimum Gasteiger partial charge on any atom is -0.327 e. The van der Waals surface area contributed by atoms with E-state index in [1.807, 2.05) is 12.1 Å². The van der Waals surface area contributed by atoms with Gasteiger partial charge in [-0.1, -0.05) is 30.2 Å². The van der Waals surface area contributed by atoms with Crippen molar-refractivity contribution in [2.45, 2.75) is 18.9 Å². The Morgan fingerprint density at radius 3 is 3.07 bits per heavy atom. The third kappa shape index (κ3) is 1.73. The largest absolute Gasteiger partial charge is 0.327 e. The lowest BCUT2D eigenvalue weighted by Gasteiger charge is -2.23. The first kappa shape index (κ1) is 9.79. The van der Waals surface area contributed by atoms with Crippen LogP contribution in [0.15, 0.2) is 24.3 Å². The van der Waals surface area contributed by atoms with E-state index in [9.17, 15) is 4.79 Å². The van der Waals surface area contributed by atoms with Crippen molar-refractivity contribution in [2.24, 2.45) is 0 Å². The van der Waals surface area contributed by atoms with E-state index < -0.39 is 0 Å². The molecule has 0 heterocycles. The van der Waals surface area contributed by atoms with Crippen molar-refractivity contribution in [1.82, 2.24) is 4.90 Å². The van der Waals surface area contributed by atoms with Gasteiger partial charge in [0.15, 0.2) is 0 Å². The second-order valence-electron chi connectivity index (χ2n) is 3.74. The average Bonchev–Trinajstić information content (AvgIpc) is 2.70. The Morgan fingerprint density at radius 2 is 2.33 bits per heavy atom. The van der Waals surface area contributed by atoms with Gasteiger partial charge in [-0.2, -0.15) is 0 Å². The van der Waals surface area contributed by atoms with Crippen molar-refractivity contribution in [1.29, 1.82) is 0 Å². The molecular formula is C13H13NO. The summed E-state index contributed by atoms with van der Waals surface area (Å²) in [6.07, 6.45) is 8.12. The number of hydrogen-bond acceptors (Lipinski definition) is 1. The van der Waals surface area contributed by atoms with Crippen LogP contribution in [0.4, 0.5) is 0 Å². The van der Waals surface area contributed by atoms with Gasteiger partial charge < -0.3 is 4.90 Å². The molecule has 1 aliphatic carbocycles. The maximum Gasteiger partial charge on any atom is 0.211 e. The zero-order valence-corrected chi connectivity index (χ0v) is 8.52. The highest BCUT2D eigenvalue weighted by Crippen LogP contribution is 2.34. The zero-order valence-electron chi connectivity index (χ0n) is 8.52. The maximum atomic E-state index is 10.9. The average molecular weight is 199 g/mol. The van der Waals surface area contributed by atoms with Crippen molar-refractivity contribution in [2.75, 3.05) is 6.54 Å². The van der Waals surface area contributed by atoms with E-state index in [2.05, 4.69) is 18.1 Å². The summed E-state index contributed by atoms with van der Waals surface area (Å²) in [5.41, 5.74) is 2.59. The van der Waals surface area contributed by atoms with E-state index in [0.29, 0.717) is 6.54 Å². The second-order valence-corrected chi connectivity index (χ2v) is 3.74. The van der Waals surface area contributed by atoms with E-state index in [0.717, 1.165) is 19.3 Å². The molecule has 0 aliphatic heterocycles. The van der Waals surface area contributed by atoms with Crippen LogP contribution >= 0.6 is 0 Å². The molecule has 1 unspecified atom stereocenters. The maximum absolute atomic E-state index is 10.9. The molecule has 1 aromatic carbocycles. The molecule has 0 radical (unpaired) electrons. The van der Waals surface area contributed by atoms with Gasteiger partial charge in [0.1, 0.15) is 0 Å². The fraction of sp³-hybridized carbons (Fsp3) is 0.308. The molecule has 2 rings (SSSR count). The Hall–Kier alpha value is -1.75. The van der Waals surface area contributed by atoms with Crippen molar-refractivity contribution in [3.63, 3.8) is 0 Å². The van der Waals surface area contributed by atoms with Gasteiger partial charge >= 0.3 is 0 Å². The summed E-state index contributed by atoms with van der Waals surface area (Å²) in [6, 6.07) is 8.42. The van der Waals surface area contributed by atoms with Crippen molar-refractivity contribution in [3.8, 4) is 12.3 Å². The van der Waals surface area contributed by atoms with E-state index in [1.165, 1.54) is 11.1 Å². The highest BCUT2D eigenvalue weighted by molar-refractivity contribution is 5.51. The van der Waals surface area contributed by atoms with Gasteiger partial charge in [-0.15, -0.1) is 6.42 Å². The summed E-state index contributed by atoms with van der Waals surface area (Å²) < 4.78 is 0. The second kappa shape index (κ2) is 4.18. The van der Waals surface area contributed by atoms with Crippen LogP contribution in [0.1, 0.15) is 23.6 Å². The van der Waals surface area contributed by atoms with Crippen LogP contribution in [0.5, 0.6) is 0 Å². The third-order valence-electron chi connectivity index (χ3n) is 2.91. The first-order chi connectivity index (χ1) is 7.36. The SMILES string of the molecule is C#CCN(C=O)C1CCc2ccccc21. The van der Waals surface area contributed by atoms with Gasteiger partial charge in [-0.05, 0) is 24.0 Å². The minimum absolute atomic E-state index is 0.176. The fourth-order valence-corrected chi connectivity index (χ4v) is 2.21. The molecule has 0 saturated carbocycles. The van der Waals surface area contributed by atoms with Gasteiger partial charge in [0.2, 0.25) is 6.41 Å². The molecule has 1 aromatic rings. The predicted molar refractivity (Wildman–Crippen MR) is 59.1 cm³/mol. The summed E-state index contributed by atoms with van der Waals surface area (Å²) in [4.78, 5) is 12.6. The lowest BCUT2D eigenvalue weighted by Crippen LogP contribution is -2.26. The minimum atomic E-state index is 0.176. The Kier molecular flexibility index (Phi) is 2.73. The van der Waals surface area contributed by atoms with Crippen LogP contribution in [0.25, 0.3) is 0 Å². The highest BCUT2D eigenvalue weighted by atomic mass is 16.1. The molecule has 15 heavy (non-hydrogen) atoms. The molecule has 0 bridgehead atoms. The van der Waals surface area contributed by atoms with Crippen LogP contribution in [0, 0.1) is 12.3 Å². The van der Waals surface area contributed by atoms with Crippen LogP contribution in [-0.4, -0.2) is 17.9 Å². The number of amides is 1. The zero-order chi connectivity index (χ0) is 10.7. The summed E-state index contributed by atoms with van der Waals surface area (Å²) in [6.45, 7) is 0.391. The lowest BCUT2D eigenvalue weighted by atomic mass is 10.1. The van der Waals surface area contributed by atoms with Crippen molar-refractivity contribution >= 4 is 6.41 Å². The van der Waals surface area contributed by atoms with Crippen LogP contribution in [0.3, 0.4) is 0 Å². The van der Waals surface area contributed by atoms with Crippen LogP contribution < -0.4 is 0 Å². The molecule has 0 N–H and O–H groups in total. The number of rotatable bonds is 3. The first-order valence-electron chi connectivity index (χ1n) is 5.09. The van der Waals surface area contributed by atoms with E-state index in [1.54, 1.807) is 4.90 Å². The number of terminal acetylenes is 1. The fourth-order valence-electron chi connectivity index (χ4n) is 2.21. The topological polar surface area (TPSA) is 20.3 Å². The lowest BCUT2D eigenvalue weighted by molar-refractivity contribution is -0.119. The van der Waals surface area contributed by atoms with Crippen molar-refractivity contribution < 1.29 is 4.79 Å². The number of carbonyl (C=O) groups is 1. The number of carbonyl (C=O) groups excluding carboxylic acids is 1. The van der Waals surface area contributed by atoms with E-state index >= 15 is 0 Å². The standard InChI is InChI=1S/C13H13NO/c1-2-9-14(10-15)13-8-7-11-5-3-4-6-12(11)13/h1,3-6,10,13H,7-9H2. The van der Waals surface area contributed by atoms with E-state index in [-0.39, 0.29) is 6.04 Å². The molecule has 1 atom stereocenters. The summed E-state index contributed by atoms with van der Waals surface area (Å²) in [5.74, 6) is 2.52. The molecule has 1 aliphatic rings. The molecule has 0 saturated heterocycles. The predicted octanol–water partition coefficient (Wildman–Crippen LogP) is 1.77. The number of nitrogens with zero attached hydrogens (tertiary/aromatic N) is 1. The molecule has 0 spiro atoms. The summed E-state index contributed by atoms with van der Waals surface area (Å²) >= 11 is 0. The normalized spacial score (nSPS) is 17.9. The smallest absolute Gasteiger partial charge is 0.211 e. The van der Waals surface area contributed by atoms with Gasteiger partial charge in [0, 0.05) is 0 Å². The number of hydrogen-bond donors (Lipinski definition) is 0. The Labute approximate surface area is 89.9 Å². The summed E-state index contributed by atoms with van der Waals surface area (Å²) in [5, 5.41) is 0. The third-order valence-corrected chi connectivity index (χ3v) is 2.91. The molecule has 2 heteroatoms. The van der Waals surface area contributed by atoms with Crippen LogP contribution in [-0.2, 0) is 11.2 Å². The van der Waals surface area contributed by atoms with Crippen molar-refractivity contribution in [3.05, 3.63) is 35.4 Å². The van der Waals surface area contributed by atoms with E-state index in [4.69, 9.17) is 6.42 Å². The Bertz CT molecular complexity index is 405. The monoisotopic (exact) mass is 199 g/mol. The van der Waals surface area contributed by atoms with Gasteiger partial charge in [-0.3, -0.25) is 4.79 Å². The molecule has 0 aromatic heterocycles. The quantitative estimate of drug-likeness (QED) is 0.536. The Morgan fingerprint density at radius 1 is 1.53 bits per heavy atom. The Balaban J connectivity index is 2.26. The number of aryl methyl sites for hydroxylation is 1. The molecule has 1 amide bonds. The molecule has 2 nitrogen and oxygen atoms in total. The van der Waals surface area contributed by atoms with Gasteiger partial charge in [-0.25, -0.2) is 0 Å². The van der Waals surface area contributed by atoms with Crippen LogP contribution in [0.2, 0.25) is 0 Å². The van der Waals surface area contributed by atoms with Gasteiger partial charge in [0.25, 0.3) is 0 Å². The molecular weight excluding hydrogens is 186 g/mol. The van der Waals surface area contributed by atoms with Gasteiger partial charge in [0.05, 0.1) is 12.6 Å². The molecule has 76 valence electrons. The summed E-state index contributed by atoms with van der Waals surface area (Å²) in [7, 11) is 0. The molecule has 0 fully saturated rings.